The number of hydrogen-bond donors (Lipinski definition) is 2. The van der Waals surface area contributed by atoms with Crippen LogP contribution in [0.15, 0.2) is 24.3 Å². The number of ether oxygens (including phenoxy) is 3. The van der Waals surface area contributed by atoms with E-state index in [0.717, 1.165) is 28.3 Å². The van der Waals surface area contributed by atoms with E-state index in [-0.39, 0.29) is 25.2 Å². The molecule has 1 aromatic carbocycles. The van der Waals surface area contributed by atoms with Crippen molar-refractivity contribution in [3.8, 4) is 11.5 Å². The average molecular weight is 430 g/mol. The first kappa shape index (κ1) is 20.3. The van der Waals surface area contributed by atoms with Crippen LogP contribution in [-0.4, -0.2) is 48.6 Å². The topological polar surface area (TPSA) is 104 Å². The summed E-state index contributed by atoms with van der Waals surface area (Å²) in [6, 6.07) is 5.47. The van der Waals surface area contributed by atoms with Gasteiger partial charge in [-0.25, -0.2) is 4.68 Å². The molecule has 0 atom stereocenters. The largest absolute Gasteiger partial charge is 0.454 e. The van der Waals surface area contributed by atoms with Crippen molar-refractivity contribution in [1.82, 2.24) is 15.1 Å². The van der Waals surface area contributed by atoms with Gasteiger partial charge >= 0.3 is 0 Å². The van der Waals surface area contributed by atoms with Crippen molar-refractivity contribution in [2.45, 2.75) is 18.1 Å². The van der Waals surface area contributed by atoms with E-state index >= 15 is 0 Å². The number of aromatic nitrogens is 2. The van der Waals surface area contributed by atoms with Crippen molar-refractivity contribution in [2.75, 3.05) is 32.4 Å². The summed E-state index contributed by atoms with van der Waals surface area (Å²) >= 11 is 1.73. The van der Waals surface area contributed by atoms with Crippen molar-refractivity contribution >= 4 is 35.5 Å². The van der Waals surface area contributed by atoms with E-state index in [1.165, 1.54) is 6.08 Å². The van der Waals surface area contributed by atoms with Crippen LogP contribution in [0.2, 0.25) is 0 Å². The zero-order chi connectivity index (χ0) is 20.9. The lowest BCUT2D eigenvalue weighted by Crippen LogP contribution is -2.31. The molecule has 0 unspecified atom stereocenters. The maximum absolute atomic E-state index is 12.5. The quantitative estimate of drug-likeness (QED) is 0.486. The first-order valence-corrected chi connectivity index (χ1v) is 10.6. The number of nitrogens with one attached hydrogen (secondary N) is 2. The van der Waals surface area contributed by atoms with Gasteiger partial charge in [0.15, 0.2) is 11.5 Å². The highest BCUT2D eigenvalue weighted by Gasteiger charge is 2.24. The summed E-state index contributed by atoms with van der Waals surface area (Å²) in [6.45, 7) is 1.09. The molecule has 0 saturated carbocycles. The van der Waals surface area contributed by atoms with Crippen molar-refractivity contribution in [3.05, 3.63) is 41.1 Å². The lowest BCUT2D eigenvalue weighted by Gasteiger charge is -2.10. The molecule has 0 fully saturated rings. The van der Waals surface area contributed by atoms with Crippen molar-refractivity contribution in [3.63, 3.8) is 0 Å². The highest BCUT2D eigenvalue weighted by atomic mass is 32.2. The van der Waals surface area contributed by atoms with E-state index in [4.69, 9.17) is 14.2 Å². The van der Waals surface area contributed by atoms with E-state index in [1.807, 2.05) is 12.1 Å². The summed E-state index contributed by atoms with van der Waals surface area (Å²) < 4.78 is 17.1. The van der Waals surface area contributed by atoms with Gasteiger partial charge in [-0.3, -0.25) is 9.59 Å². The molecule has 1 aromatic heterocycles. The second kappa shape index (κ2) is 9.23. The molecular weight excluding hydrogens is 408 g/mol. The molecule has 2 aliphatic heterocycles. The van der Waals surface area contributed by atoms with Gasteiger partial charge in [0.05, 0.1) is 12.3 Å². The predicted molar refractivity (Wildman–Crippen MR) is 112 cm³/mol. The summed E-state index contributed by atoms with van der Waals surface area (Å²) in [5.74, 6) is 2.95. The van der Waals surface area contributed by atoms with Crippen LogP contribution in [0, 0.1) is 0 Å². The number of rotatable bonds is 8. The molecule has 30 heavy (non-hydrogen) atoms. The fraction of sp³-hybridized carbons (Fsp3) is 0.350. The van der Waals surface area contributed by atoms with Gasteiger partial charge in [-0.2, -0.15) is 16.9 Å². The zero-order valence-electron chi connectivity index (χ0n) is 16.5. The molecule has 0 bridgehead atoms. The first-order chi connectivity index (χ1) is 14.6. The number of thioether (sulfide) groups is 1. The minimum Gasteiger partial charge on any atom is -0.454 e. The third kappa shape index (κ3) is 4.60. The second-order valence-corrected chi connectivity index (χ2v) is 7.69. The number of amides is 2. The lowest BCUT2D eigenvalue weighted by atomic mass is 10.2. The molecule has 9 nitrogen and oxygen atoms in total. The summed E-state index contributed by atoms with van der Waals surface area (Å²) in [4.78, 5) is 24.7. The van der Waals surface area contributed by atoms with Crippen LogP contribution in [-0.2, 0) is 32.4 Å². The summed E-state index contributed by atoms with van der Waals surface area (Å²) in [6.07, 6.45) is 3.15. The predicted octanol–water partition coefficient (Wildman–Crippen LogP) is 1.77. The van der Waals surface area contributed by atoms with Crippen molar-refractivity contribution in [2.24, 2.45) is 0 Å². The number of carbonyl (C=O) groups is 2. The van der Waals surface area contributed by atoms with Crippen LogP contribution >= 0.6 is 11.8 Å². The maximum Gasteiger partial charge on any atom is 0.249 e. The SMILES string of the molecule is COCCNC(=O)Cn1nc2c(c1NC(=O)C=Cc1ccc3c(c1)OCO3)CSC2. The highest BCUT2D eigenvalue weighted by molar-refractivity contribution is 7.98. The van der Waals surface area contributed by atoms with E-state index in [2.05, 4.69) is 15.7 Å². The Kier molecular flexibility index (Phi) is 6.24. The van der Waals surface area contributed by atoms with Gasteiger partial charge in [0.1, 0.15) is 12.4 Å². The zero-order valence-corrected chi connectivity index (χ0v) is 17.3. The Morgan fingerprint density at radius 1 is 1.30 bits per heavy atom. The van der Waals surface area contributed by atoms with E-state index in [0.29, 0.717) is 30.5 Å². The molecule has 2 aromatic rings. The Bertz CT molecular complexity index is 988. The molecule has 0 radical (unpaired) electrons. The number of benzene rings is 1. The molecule has 2 N–H and O–H groups in total. The van der Waals surface area contributed by atoms with E-state index in [9.17, 15) is 9.59 Å². The number of fused-ring (bicyclic) bond motifs is 2. The Balaban J connectivity index is 1.44. The van der Waals surface area contributed by atoms with Gasteiger partial charge in [-0.05, 0) is 23.8 Å². The van der Waals surface area contributed by atoms with Crippen molar-refractivity contribution < 1.29 is 23.8 Å². The van der Waals surface area contributed by atoms with Crippen LogP contribution in [0.5, 0.6) is 11.5 Å². The third-order valence-electron chi connectivity index (χ3n) is 4.61. The van der Waals surface area contributed by atoms with Gasteiger partial charge in [-0.15, -0.1) is 0 Å². The summed E-state index contributed by atoms with van der Waals surface area (Å²) in [5, 5.41) is 10.2. The van der Waals surface area contributed by atoms with Crippen LogP contribution in [0.3, 0.4) is 0 Å². The Morgan fingerprint density at radius 3 is 3.03 bits per heavy atom. The van der Waals surface area contributed by atoms with Gasteiger partial charge in [0.25, 0.3) is 0 Å². The van der Waals surface area contributed by atoms with Crippen LogP contribution in [0.4, 0.5) is 5.82 Å². The van der Waals surface area contributed by atoms with Gasteiger partial charge in [-0.1, -0.05) is 6.07 Å². The molecule has 0 saturated heterocycles. The number of hydrogen-bond acceptors (Lipinski definition) is 7. The minimum atomic E-state index is -0.298. The molecule has 3 heterocycles. The summed E-state index contributed by atoms with van der Waals surface area (Å²) in [7, 11) is 1.58. The van der Waals surface area contributed by atoms with Gasteiger partial charge in [0.2, 0.25) is 18.6 Å². The molecule has 4 rings (SSSR count). The molecule has 0 aliphatic carbocycles. The second-order valence-electron chi connectivity index (χ2n) is 6.70. The standard InChI is InChI=1S/C20H22N4O5S/c1-27-7-6-21-19(26)9-24-20(14-10-30-11-15(14)23-24)22-18(25)5-3-13-2-4-16-17(8-13)29-12-28-16/h2-5,8H,6-7,9-12H2,1H3,(H,21,26)(H,22,25). The Hall–Kier alpha value is -2.98. The minimum absolute atomic E-state index is 0.0306. The molecule has 2 amide bonds. The first-order valence-electron chi connectivity index (χ1n) is 9.44. The smallest absolute Gasteiger partial charge is 0.249 e. The van der Waals surface area contributed by atoms with Crippen LogP contribution in [0.25, 0.3) is 6.08 Å². The Labute approximate surface area is 177 Å². The molecular formula is C20H22N4O5S. The summed E-state index contributed by atoms with van der Waals surface area (Å²) in [5.41, 5.74) is 2.69. The van der Waals surface area contributed by atoms with Crippen LogP contribution in [0.1, 0.15) is 16.8 Å². The van der Waals surface area contributed by atoms with E-state index < -0.39 is 0 Å². The number of nitrogens with zero attached hydrogens (tertiary/aromatic N) is 2. The van der Waals surface area contributed by atoms with E-state index in [1.54, 1.807) is 35.7 Å². The van der Waals surface area contributed by atoms with Gasteiger partial charge < -0.3 is 24.8 Å². The maximum atomic E-state index is 12.5. The normalized spacial score (nSPS) is 14.2. The average Bonchev–Trinajstić information content (AvgIpc) is 3.44. The van der Waals surface area contributed by atoms with Crippen LogP contribution < -0.4 is 20.1 Å². The van der Waals surface area contributed by atoms with Gasteiger partial charge in [0, 0.05) is 36.8 Å². The number of carbonyl (C=O) groups excluding carboxylic acids is 2. The number of anilines is 1. The fourth-order valence-corrected chi connectivity index (χ4v) is 4.19. The Morgan fingerprint density at radius 2 is 2.17 bits per heavy atom. The number of methoxy groups -OCH3 is 1. The molecule has 158 valence electrons. The third-order valence-corrected chi connectivity index (χ3v) is 5.58. The molecule has 0 spiro atoms. The highest BCUT2D eigenvalue weighted by Crippen LogP contribution is 2.35. The van der Waals surface area contributed by atoms with Crippen molar-refractivity contribution in [1.29, 1.82) is 0 Å². The lowest BCUT2D eigenvalue weighted by molar-refractivity contribution is -0.122. The fourth-order valence-electron chi connectivity index (χ4n) is 3.15. The monoisotopic (exact) mass is 430 g/mol. The molecule has 10 heteroatoms. The molecule has 2 aliphatic rings.